The van der Waals surface area contributed by atoms with Gasteiger partial charge in [-0.25, -0.2) is 26.3 Å². The Kier molecular flexibility index (Phi) is 1.39. The summed E-state index contributed by atoms with van der Waals surface area (Å²) >= 11 is 0. The van der Waals surface area contributed by atoms with Crippen LogP contribution in [0.5, 0.6) is 0 Å². The van der Waals surface area contributed by atoms with Crippen LogP contribution in [0.15, 0.2) is 0 Å². The molecule has 0 aromatic heterocycles. The van der Waals surface area contributed by atoms with Crippen LogP contribution in [-0.2, 0) is 0 Å². The standard InChI is InChI=1S/C4H4F6/c5-1-4(9,10)2(6)3(7)8/h2-3H,1H2/i1D2,2D,3D. The normalized spacial score (nSPS) is 27.4. The Labute approximate surface area is 58.4 Å². The van der Waals surface area contributed by atoms with Gasteiger partial charge >= 0.3 is 5.92 Å². The molecule has 0 radical (unpaired) electrons. The highest BCUT2D eigenvalue weighted by Crippen LogP contribution is 2.26. The van der Waals surface area contributed by atoms with Crippen molar-refractivity contribution in [2.24, 2.45) is 0 Å². The summed E-state index contributed by atoms with van der Waals surface area (Å²) < 4.78 is 95.4. The highest BCUT2D eigenvalue weighted by atomic mass is 19.3. The fourth-order valence-electron chi connectivity index (χ4n) is 0.160. The predicted molar refractivity (Wildman–Crippen MR) is 21.8 cm³/mol. The van der Waals surface area contributed by atoms with E-state index in [9.17, 15) is 26.3 Å². The van der Waals surface area contributed by atoms with Crippen molar-refractivity contribution in [2.45, 2.75) is 18.5 Å². The summed E-state index contributed by atoms with van der Waals surface area (Å²) in [4.78, 5) is 0. The Morgan fingerprint density at radius 2 is 1.80 bits per heavy atom. The van der Waals surface area contributed by atoms with Crippen LogP contribution in [0.3, 0.4) is 0 Å². The lowest BCUT2D eigenvalue weighted by molar-refractivity contribution is -0.136. The van der Waals surface area contributed by atoms with Crippen molar-refractivity contribution in [1.82, 2.24) is 0 Å². The van der Waals surface area contributed by atoms with E-state index >= 15 is 0 Å². The van der Waals surface area contributed by atoms with Gasteiger partial charge in [-0.05, 0) is 0 Å². The fraction of sp³-hybridized carbons (Fsp3) is 1.00. The van der Waals surface area contributed by atoms with Crippen molar-refractivity contribution >= 4 is 0 Å². The molecule has 62 valence electrons. The number of hydrogen-bond donors (Lipinski definition) is 0. The van der Waals surface area contributed by atoms with Gasteiger partial charge < -0.3 is 0 Å². The quantitative estimate of drug-likeness (QED) is 0.569. The summed E-state index contributed by atoms with van der Waals surface area (Å²) in [5, 5.41) is 0. The Hall–Kier alpha value is -0.420. The van der Waals surface area contributed by atoms with Crippen molar-refractivity contribution in [3.63, 3.8) is 0 Å². The molecule has 6 heteroatoms. The van der Waals surface area contributed by atoms with E-state index in [1.54, 1.807) is 0 Å². The van der Waals surface area contributed by atoms with Gasteiger partial charge in [0.2, 0.25) is 6.15 Å². The summed E-state index contributed by atoms with van der Waals surface area (Å²) in [5.41, 5.74) is 0. The molecular formula is C4H4F6. The third-order valence-corrected chi connectivity index (χ3v) is 0.560. The molecule has 0 spiro atoms. The SMILES string of the molecule is [2H]C([2H])(F)C(F)(F)C([2H])(F)C([2H])(F)F. The molecule has 0 aliphatic rings. The molecule has 0 bridgehead atoms. The first-order valence-corrected chi connectivity index (χ1v) is 1.88. The Morgan fingerprint density at radius 1 is 1.40 bits per heavy atom. The minimum Gasteiger partial charge on any atom is -0.244 e. The van der Waals surface area contributed by atoms with Crippen molar-refractivity contribution < 1.29 is 31.8 Å². The molecule has 0 nitrogen and oxygen atoms in total. The van der Waals surface area contributed by atoms with Gasteiger partial charge in [-0.1, -0.05) is 0 Å². The predicted octanol–water partition coefficient (Wildman–Crippen LogP) is 2.19. The first-order valence-electron chi connectivity index (χ1n) is 3.88. The van der Waals surface area contributed by atoms with Crippen LogP contribution in [0, 0.1) is 0 Å². The monoisotopic (exact) mass is 170 g/mol. The molecule has 0 aromatic carbocycles. The van der Waals surface area contributed by atoms with Crippen molar-refractivity contribution in [3.05, 3.63) is 0 Å². The molecule has 0 saturated heterocycles. The van der Waals surface area contributed by atoms with Gasteiger partial charge in [-0.3, -0.25) is 0 Å². The van der Waals surface area contributed by atoms with Gasteiger partial charge in [0.25, 0.3) is 6.40 Å². The lowest BCUT2D eigenvalue weighted by atomic mass is 10.2. The number of alkyl halides is 6. The third kappa shape index (κ3) is 2.07. The van der Waals surface area contributed by atoms with Crippen LogP contribution < -0.4 is 0 Å². The number of halogens is 6. The Morgan fingerprint density at radius 3 is 1.90 bits per heavy atom. The van der Waals surface area contributed by atoms with Crippen LogP contribution >= 0.6 is 0 Å². The molecule has 0 aromatic rings. The molecule has 0 rings (SSSR count). The van der Waals surface area contributed by atoms with E-state index in [0.717, 1.165) is 0 Å². The maximum atomic E-state index is 12.4. The van der Waals surface area contributed by atoms with Crippen LogP contribution in [-0.4, -0.2) is 25.1 Å². The van der Waals surface area contributed by atoms with Crippen LogP contribution in [0.25, 0.3) is 0 Å². The van der Waals surface area contributed by atoms with E-state index in [2.05, 4.69) is 0 Å². The maximum absolute atomic E-state index is 12.4. The second kappa shape index (κ2) is 3.12. The second-order valence-electron chi connectivity index (χ2n) is 1.24. The minimum absolute atomic E-state index is 5.16. The molecule has 0 fully saturated rings. The second-order valence-corrected chi connectivity index (χ2v) is 1.24. The lowest BCUT2D eigenvalue weighted by Gasteiger charge is -2.15. The van der Waals surface area contributed by atoms with Gasteiger partial charge in [-0.15, -0.1) is 0 Å². The smallest absolute Gasteiger partial charge is 0.244 e. The van der Waals surface area contributed by atoms with Gasteiger partial charge in [0.1, 0.15) is 1.37 Å². The zero-order valence-electron chi connectivity index (χ0n) is 8.27. The first kappa shape index (κ1) is 4.46. The summed E-state index contributed by atoms with van der Waals surface area (Å²) in [5.74, 6) is -5.95. The fourth-order valence-corrected chi connectivity index (χ4v) is 0.160. The van der Waals surface area contributed by atoms with E-state index in [0.29, 0.717) is 0 Å². The van der Waals surface area contributed by atoms with Gasteiger partial charge in [0.15, 0.2) is 6.63 Å². The van der Waals surface area contributed by atoms with Gasteiger partial charge in [0, 0.05) is 0 Å². The molecule has 0 aliphatic carbocycles. The molecule has 1 unspecified atom stereocenters. The molecule has 0 saturated carbocycles. The number of hydrogen-bond acceptors (Lipinski definition) is 0. The Bertz CT molecular complexity index is 191. The molecule has 0 aliphatic heterocycles. The Balaban J connectivity index is 5.30. The highest BCUT2D eigenvalue weighted by molar-refractivity contribution is 4.77. The summed E-state index contributed by atoms with van der Waals surface area (Å²) in [6.45, 7) is -5.16. The molecule has 0 N–H and O–H groups in total. The van der Waals surface area contributed by atoms with Crippen molar-refractivity contribution in [1.29, 1.82) is 0 Å². The maximum Gasteiger partial charge on any atom is 0.312 e. The zero-order valence-corrected chi connectivity index (χ0v) is 4.27. The first-order chi connectivity index (χ1) is 5.75. The molecule has 0 heterocycles. The molecule has 1 atom stereocenters. The highest BCUT2D eigenvalue weighted by Gasteiger charge is 2.46. The minimum atomic E-state index is -5.95. The summed E-state index contributed by atoms with van der Waals surface area (Å²) in [7, 11) is 0. The molecule has 10 heavy (non-hydrogen) atoms. The molecular weight excluding hydrogens is 162 g/mol. The van der Waals surface area contributed by atoms with E-state index in [1.807, 2.05) is 0 Å². The topological polar surface area (TPSA) is 0 Å². The van der Waals surface area contributed by atoms with Crippen molar-refractivity contribution in [3.8, 4) is 0 Å². The van der Waals surface area contributed by atoms with Gasteiger partial charge in [0.05, 0.1) is 4.11 Å². The largest absolute Gasteiger partial charge is 0.312 e. The summed E-state index contributed by atoms with van der Waals surface area (Å²) in [6, 6.07) is 0. The summed E-state index contributed by atoms with van der Waals surface area (Å²) in [6.07, 6.45) is -11.3. The van der Waals surface area contributed by atoms with Crippen LogP contribution in [0.2, 0.25) is 0 Å². The van der Waals surface area contributed by atoms with E-state index < -0.39 is 25.1 Å². The van der Waals surface area contributed by atoms with E-state index in [4.69, 9.17) is 5.48 Å². The average Bonchev–Trinajstić information content (AvgIpc) is 1.81. The van der Waals surface area contributed by atoms with Crippen LogP contribution in [0.4, 0.5) is 26.3 Å². The average molecular weight is 170 g/mol. The van der Waals surface area contributed by atoms with E-state index in [-0.39, 0.29) is 0 Å². The van der Waals surface area contributed by atoms with Crippen LogP contribution in [0.1, 0.15) is 5.48 Å². The number of rotatable bonds is 3. The third-order valence-electron chi connectivity index (χ3n) is 0.560. The van der Waals surface area contributed by atoms with Crippen molar-refractivity contribution in [2.75, 3.05) is 6.63 Å². The van der Waals surface area contributed by atoms with Gasteiger partial charge in [-0.2, -0.15) is 0 Å². The lowest BCUT2D eigenvalue weighted by Crippen LogP contribution is -2.37. The zero-order chi connectivity index (χ0) is 12.0. The van der Waals surface area contributed by atoms with E-state index in [1.165, 1.54) is 0 Å². The molecule has 0 amide bonds.